The molecule has 76 valence electrons. The van der Waals surface area contributed by atoms with Crippen molar-refractivity contribution in [1.82, 2.24) is 5.32 Å². The Balaban J connectivity index is 2.31. The molecule has 2 unspecified atom stereocenters. The molecule has 1 saturated heterocycles. The molecule has 4 heteroatoms. The molecule has 2 rings (SSSR count). The van der Waals surface area contributed by atoms with Gasteiger partial charge in [0.1, 0.15) is 11.6 Å². The molecule has 3 N–H and O–H groups in total. The summed E-state index contributed by atoms with van der Waals surface area (Å²) >= 11 is 0. The average molecular weight is 198 g/mol. The van der Waals surface area contributed by atoms with E-state index in [1.807, 2.05) is 0 Å². The summed E-state index contributed by atoms with van der Waals surface area (Å²) in [7, 11) is 0. The molecule has 1 fully saturated rings. The lowest BCUT2D eigenvalue weighted by atomic mass is 9.94. The smallest absolute Gasteiger partial charge is 0.129 e. The fourth-order valence-corrected chi connectivity index (χ4v) is 1.84. The highest BCUT2D eigenvalue weighted by Gasteiger charge is 2.27. The third kappa shape index (κ3) is 1.63. The van der Waals surface area contributed by atoms with E-state index < -0.39 is 11.6 Å². The van der Waals surface area contributed by atoms with Crippen LogP contribution in [-0.2, 0) is 0 Å². The van der Waals surface area contributed by atoms with Crippen LogP contribution < -0.4 is 11.1 Å². The first-order valence-corrected chi connectivity index (χ1v) is 4.59. The summed E-state index contributed by atoms with van der Waals surface area (Å²) in [6.45, 7) is 1.34. The molecule has 0 spiro atoms. The molecular weight excluding hydrogens is 186 g/mol. The minimum Gasteiger partial charge on any atom is -0.326 e. The first-order valence-electron chi connectivity index (χ1n) is 4.59. The summed E-state index contributed by atoms with van der Waals surface area (Å²) in [5, 5.41) is 3.08. The van der Waals surface area contributed by atoms with Crippen LogP contribution in [0.25, 0.3) is 0 Å². The second-order valence-electron chi connectivity index (χ2n) is 3.59. The van der Waals surface area contributed by atoms with Gasteiger partial charge in [0, 0.05) is 31.1 Å². The number of benzene rings is 1. The molecule has 1 aromatic carbocycles. The Hall–Kier alpha value is -1.00. The van der Waals surface area contributed by atoms with Gasteiger partial charge in [-0.3, -0.25) is 0 Å². The number of rotatable bonds is 1. The third-order valence-electron chi connectivity index (χ3n) is 2.62. The fraction of sp³-hybridized carbons (Fsp3) is 0.400. The van der Waals surface area contributed by atoms with E-state index >= 15 is 0 Å². The minimum absolute atomic E-state index is 0.0457. The van der Waals surface area contributed by atoms with Gasteiger partial charge in [-0.25, -0.2) is 8.78 Å². The van der Waals surface area contributed by atoms with Gasteiger partial charge in [0.05, 0.1) is 0 Å². The van der Waals surface area contributed by atoms with Crippen molar-refractivity contribution in [2.24, 2.45) is 5.73 Å². The lowest BCUT2D eigenvalue weighted by molar-refractivity contribution is 0.545. The van der Waals surface area contributed by atoms with Gasteiger partial charge < -0.3 is 11.1 Å². The van der Waals surface area contributed by atoms with E-state index in [2.05, 4.69) is 5.32 Å². The Morgan fingerprint density at radius 3 is 2.64 bits per heavy atom. The second kappa shape index (κ2) is 3.63. The molecule has 2 nitrogen and oxygen atoms in total. The van der Waals surface area contributed by atoms with Crippen molar-refractivity contribution in [2.45, 2.75) is 12.0 Å². The number of nitrogens with two attached hydrogens (primary N) is 1. The van der Waals surface area contributed by atoms with E-state index in [-0.39, 0.29) is 12.0 Å². The number of hydrogen-bond acceptors (Lipinski definition) is 2. The van der Waals surface area contributed by atoms with Gasteiger partial charge in [-0.15, -0.1) is 0 Å². The standard InChI is InChI=1S/C10H12F2N2/c11-6-1-2-7(9(12)3-6)8-4-14-5-10(8)13/h1-3,8,10,14H,4-5,13H2. The van der Waals surface area contributed by atoms with Crippen molar-refractivity contribution >= 4 is 0 Å². The van der Waals surface area contributed by atoms with Crippen LogP contribution in [0.15, 0.2) is 18.2 Å². The molecule has 0 bridgehead atoms. The lowest BCUT2D eigenvalue weighted by Crippen LogP contribution is -2.28. The van der Waals surface area contributed by atoms with E-state index in [1.165, 1.54) is 12.1 Å². The summed E-state index contributed by atoms with van der Waals surface area (Å²) < 4.78 is 26.0. The summed E-state index contributed by atoms with van der Waals surface area (Å²) in [5.41, 5.74) is 6.30. The van der Waals surface area contributed by atoms with Crippen LogP contribution in [0, 0.1) is 11.6 Å². The highest BCUT2D eigenvalue weighted by Crippen LogP contribution is 2.24. The van der Waals surface area contributed by atoms with Crippen LogP contribution in [0.3, 0.4) is 0 Å². The van der Waals surface area contributed by atoms with Gasteiger partial charge in [-0.05, 0) is 11.6 Å². The van der Waals surface area contributed by atoms with Crippen molar-refractivity contribution in [2.75, 3.05) is 13.1 Å². The van der Waals surface area contributed by atoms with Crippen molar-refractivity contribution in [3.63, 3.8) is 0 Å². The van der Waals surface area contributed by atoms with Gasteiger partial charge in [-0.1, -0.05) is 6.07 Å². The topological polar surface area (TPSA) is 38.0 Å². The van der Waals surface area contributed by atoms with Gasteiger partial charge in [-0.2, -0.15) is 0 Å². The average Bonchev–Trinajstić information content (AvgIpc) is 2.52. The molecule has 1 aliphatic heterocycles. The summed E-state index contributed by atoms with van der Waals surface area (Å²) in [4.78, 5) is 0. The predicted molar refractivity (Wildman–Crippen MR) is 49.9 cm³/mol. The Morgan fingerprint density at radius 1 is 1.29 bits per heavy atom. The first-order chi connectivity index (χ1) is 6.68. The predicted octanol–water partition coefficient (Wildman–Crippen LogP) is 0.979. The number of nitrogens with one attached hydrogen (secondary N) is 1. The third-order valence-corrected chi connectivity index (χ3v) is 2.62. The maximum Gasteiger partial charge on any atom is 0.129 e. The van der Waals surface area contributed by atoms with Crippen molar-refractivity contribution in [3.8, 4) is 0 Å². The Morgan fingerprint density at radius 2 is 2.07 bits per heavy atom. The molecular formula is C10H12F2N2. The van der Waals surface area contributed by atoms with E-state index in [0.29, 0.717) is 18.7 Å². The first kappa shape index (κ1) is 9.55. The van der Waals surface area contributed by atoms with Crippen LogP contribution in [0.1, 0.15) is 11.5 Å². The molecule has 14 heavy (non-hydrogen) atoms. The van der Waals surface area contributed by atoms with Crippen LogP contribution >= 0.6 is 0 Å². The van der Waals surface area contributed by atoms with Crippen LogP contribution in [0.5, 0.6) is 0 Å². The molecule has 0 amide bonds. The van der Waals surface area contributed by atoms with E-state index in [0.717, 1.165) is 6.07 Å². The number of halogens is 2. The molecule has 0 aliphatic carbocycles. The molecule has 0 aromatic heterocycles. The molecule has 1 aromatic rings. The Labute approximate surface area is 81.1 Å². The molecule has 0 saturated carbocycles. The van der Waals surface area contributed by atoms with Gasteiger partial charge in [0.15, 0.2) is 0 Å². The van der Waals surface area contributed by atoms with Crippen molar-refractivity contribution in [3.05, 3.63) is 35.4 Å². The normalized spacial score (nSPS) is 26.8. The fourth-order valence-electron chi connectivity index (χ4n) is 1.84. The maximum atomic E-state index is 13.4. The zero-order valence-corrected chi connectivity index (χ0v) is 7.63. The van der Waals surface area contributed by atoms with Gasteiger partial charge in [0.2, 0.25) is 0 Å². The second-order valence-corrected chi connectivity index (χ2v) is 3.59. The van der Waals surface area contributed by atoms with E-state index in [1.54, 1.807) is 0 Å². The molecule has 0 radical (unpaired) electrons. The summed E-state index contributed by atoms with van der Waals surface area (Å²) in [6.07, 6.45) is 0. The minimum atomic E-state index is -0.550. The molecule has 2 atom stereocenters. The zero-order chi connectivity index (χ0) is 10.1. The maximum absolute atomic E-state index is 13.4. The molecule has 1 aliphatic rings. The van der Waals surface area contributed by atoms with Crippen molar-refractivity contribution in [1.29, 1.82) is 0 Å². The van der Waals surface area contributed by atoms with E-state index in [9.17, 15) is 8.78 Å². The quantitative estimate of drug-likeness (QED) is 0.706. The van der Waals surface area contributed by atoms with Crippen LogP contribution in [-0.4, -0.2) is 19.1 Å². The highest BCUT2D eigenvalue weighted by molar-refractivity contribution is 5.25. The lowest BCUT2D eigenvalue weighted by Gasteiger charge is -2.15. The highest BCUT2D eigenvalue weighted by atomic mass is 19.1. The Kier molecular flexibility index (Phi) is 2.48. The largest absolute Gasteiger partial charge is 0.326 e. The Bertz CT molecular complexity index is 341. The van der Waals surface area contributed by atoms with Gasteiger partial charge in [0.25, 0.3) is 0 Å². The van der Waals surface area contributed by atoms with Crippen LogP contribution in [0.2, 0.25) is 0 Å². The van der Waals surface area contributed by atoms with Gasteiger partial charge >= 0.3 is 0 Å². The number of hydrogen-bond donors (Lipinski definition) is 2. The SMILES string of the molecule is NC1CNCC1c1ccc(F)cc1F. The summed E-state index contributed by atoms with van der Waals surface area (Å²) in [5.74, 6) is -1.10. The van der Waals surface area contributed by atoms with Crippen LogP contribution in [0.4, 0.5) is 8.78 Å². The van der Waals surface area contributed by atoms with Crippen molar-refractivity contribution < 1.29 is 8.78 Å². The zero-order valence-electron chi connectivity index (χ0n) is 7.63. The summed E-state index contributed by atoms with van der Waals surface area (Å²) in [6, 6.07) is 3.56. The molecule has 1 heterocycles. The monoisotopic (exact) mass is 198 g/mol. The van der Waals surface area contributed by atoms with E-state index in [4.69, 9.17) is 5.73 Å².